The summed E-state index contributed by atoms with van der Waals surface area (Å²) in [5.74, 6) is 0.661. The number of aromatic nitrogens is 2. The molecule has 5 heteroatoms. The van der Waals surface area contributed by atoms with Crippen LogP contribution in [-0.2, 0) is 11.2 Å². The average molecular weight is 311 g/mol. The van der Waals surface area contributed by atoms with Gasteiger partial charge in [-0.2, -0.15) is 0 Å². The highest BCUT2D eigenvalue weighted by atomic mass is 16.2. The van der Waals surface area contributed by atoms with Crippen LogP contribution in [-0.4, -0.2) is 33.9 Å². The van der Waals surface area contributed by atoms with Crippen molar-refractivity contribution in [3.8, 4) is 0 Å². The van der Waals surface area contributed by atoms with Crippen LogP contribution in [0, 0.1) is 0 Å². The molecule has 0 spiro atoms. The average Bonchev–Trinajstić information content (AvgIpc) is 2.54. The Morgan fingerprint density at radius 2 is 1.91 bits per heavy atom. The van der Waals surface area contributed by atoms with Crippen molar-refractivity contribution in [2.75, 3.05) is 13.1 Å². The number of fused-ring (bicyclic) bond motifs is 1. The molecule has 2 aromatic rings. The number of hydrogen-bond donors (Lipinski definition) is 1. The van der Waals surface area contributed by atoms with Crippen molar-refractivity contribution >= 4 is 16.8 Å². The first kappa shape index (κ1) is 16.7. The normalized spacial score (nSPS) is 10.4. The van der Waals surface area contributed by atoms with E-state index in [4.69, 9.17) is 0 Å². The number of carbonyl (C=O) groups excluding carboxylic acids is 1. The summed E-state index contributed by atoms with van der Waals surface area (Å²) >= 11 is 0. The van der Waals surface area contributed by atoms with Gasteiger partial charge in [-0.25, -0.2) is 4.98 Å². The number of amides is 1. The van der Waals surface area contributed by atoms with Crippen LogP contribution in [0.15, 0.2) is 54.4 Å². The fraction of sp³-hybridized carbons (Fsp3) is 0.278. The summed E-state index contributed by atoms with van der Waals surface area (Å²) in [6.45, 7) is 8.33. The molecule has 120 valence electrons. The standard InChI is InChI=1S/C18H21N3O2/c1-3-12-21(13-4-2)17(22)11-7-10-16-19-15-9-6-5-8-14(15)18(23)20-16/h3-6,8-9H,1-2,7,10-13H2,(H,19,20,23). The van der Waals surface area contributed by atoms with Gasteiger partial charge in [-0.15, -0.1) is 13.2 Å². The molecule has 1 aromatic carbocycles. The lowest BCUT2D eigenvalue weighted by atomic mass is 10.2. The Balaban J connectivity index is 1.98. The van der Waals surface area contributed by atoms with Gasteiger partial charge in [0.05, 0.1) is 10.9 Å². The quantitative estimate of drug-likeness (QED) is 0.762. The van der Waals surface area contributed by atoms with Gasteiger partial charge in [0.25, 0.3) is 5.56 Å². The van der Waals surface area contributed by atoms with Crippen LogP contribution in [0.5, 0.6) is 0 Å². The summed E-state index contributed by atoms with van der Waals surface area (Å²) in [6.07, 6.45) is 4.98. The Labute approximate surface area is 135 Å². The van der Waals surface area contributed by atoms with E-state index in [2.05, 4.69) is 23.1 Å². The molecule has 1 N–H and O–H groups in total. The number of aryl methyl sites for hydroxylation is 1. The number of aromatic amines is 1. The zero-order chi connectivity index (χ0) is 16.7. The number of para-hydroxylation sites is 1. The Morgan fingerprint density at radius 3 is 2.61 bits per heavy atom. The number of hydrogen-bond acceptors (Lipinski definition) is 3. The molecule has 0 atom stereocenters. The van der Waals surface area contributed by atoms with Crippen molar-refractivity contribution in [1.82, 2.24) is 14.9 Å². The minimum absolute atomic E-state index is 0.0490. The Bertz CT molecular complexity index is 754. The van der Waals surface area contributed by atoms with Crippen LogP contribution in [0.2, 0.25) is 0 Å². The molecular weight excluding hydrogens is 290 g/mol. The molecule has 1 amide bonds. The van der Waals surface area contributed by atoms with Gasteiger partial charge in [-0.05, 0) is 18.6 Å². The summed E-state index contributed by atoms with van der Waals surface area (Å²) in [7, 11) is 0. The maximum absolute atomic E-state index is 12.1. The molecular formula is C18H21N3O2. The fourth-order valence-corrected chi connectivity index (χ4v) is 2.41. The lowest BCUT2D eigenvalue weighted by Crippen LogP contribution is -2.31. The van der Waals surface area contributed by atoms with Crippen molar-refractivity contribution in [3.63, 3.8) is 0 Å². The molecule has 0 aliphatic carbocycles. The summed E-state index contributed by atoms with van der Waals surface area (Å²) in [4.78, 5) is 33.0. The third-order valence-electron chi connectivity index (χ3n) is 3.52. The predicted octanol–water partition coefficient (Wildman–Crippen LogP) is 2.45. The van der Waals surface area contributed by atoms with Crippen LogP contribution in [0.3, 0.4) is 0 Å². The lowest BCUT2D eigenvalue weighted by molar-refractivity contribution is -0.130. The summed E-state index contributed by atoms with van der Waals surface area (Å²) in [5.41, 5.74) is 0.536. The van der Waals surface area contributed by atoms with Crippen LogP contribution >= 0.6 is 0 Å². The molecule has 0 aliphatic rings. The minimum Gasteiger partial charge on any atom is -0.335 e. The lowest BCUT2D eigenvalue weighted by Gasteiger charge is -2.19. The molecule has 1 heterocycles. The first-order valence-corrected chi connectivity index (χ1v) is 7.63. The molecule has 0 fully saturated rings. The Morgan fingerprint density at radius 1 is 1.22 bits per heavy atom. The largest absolute Gasteiger partial charge is 0.335 e. The van der Waals surface area contributed by atoms with E-state index in [1.807, 2.05) is 18.2 Å². The van der Waals surface area contributed by atoms with Gasteiger partial charge < -0.3 is 9.88 Å². The van der Waals surface area contributed by atoms with Crippen molar-refractivity contribution < 1.29 is 4.79 Å². The number of rotatable bonds is 8. The molecule has 0 saturated carbocycles. The second-order valence-corrected chi connectivity index (χ2v) is 5.26. The topological polar surface area (TPSA) is 66.1 Å². The third kappa shape index (κ3) is 4.39. The molecule has 2 rings (SSSR count). The van der Waals surface area contributed by atoms with Gasteiger partial charge in [0.2, 0.25) is 5.91 Å². The van der Waals surface area contributed by atoms with Gasteiger partial charge in [-0.1, -0.05) is 24.3 Å². The highest BCUT2D eigenvalue weighted by molar-refractivity contribution is 5.77. The number of nitrogens with zero attached hydrogens (tertiary/aromatic N) is 2. The number of benzene rings is 1. The van der Waals surface area contributed by atoms with Crippen molar-refractivity contribution in [2.45, 2.75) is 19.3 Å². The minimum atomic E-state index is -0.142. The smallest absolute Gasteiger partial charge is 0.258 e. The zero-order valence-electron chi connectivity index (χ0n) is 13.1. The molecule has 0 bridgehead atoms. The van der Waals surface area contributed by atoms with Gasteiger partial charge in [0.15, 0.2) is 0 Å². The summed E-state index contributed by atoms with van der Waals surface area (Å²) < 4.78 is 0. The van der Waals surface area contributed by atoms with Crippen LogP contribution in [0.4, 0.5) is 0 Å². The fourth-order valence-electron chi connectivity index (χ4n) is 2.41. The van der Waals surface area contributed by atoms with E-state index in [0.29, 0.717) is 49.1 Å². The SMILES string of the molecule is C=CCN(CC=C)C(=O)CCCc1nc2ccccc2c(=O)[nH]1. The molecule has 0 aliphatic heterocycles. The molecule has 0 saturated heterocycles. The molecule has 5 nitrogen and oxygen atoms in total. The monoisotopic (exact) mass is 311 g/mol. The predicted molar refractivity (Wildman–Crippen MR) is 92.3 cm³/mol. The van der Waals surface area contributed by atoms with Gasteiger partial charge in [0.1, 0.15) is 5.82 Å². The van der Waals surface area contributed by atoms with Crippen LogP contribution in [0.1, 0.15) is 18.7 Å². The first-order valence-electron chi connectivity index (χ1n) is 7.63. The second kappa shape index (κ2) is 8.08. The van der Waals surface area contributed by atoms with Crippen molar-refractivity contribution in [3.05, 3.63) is 65.8 Å². The summed E-state index contributed by atoms with van der Waals surface area (Å²) in [6, 6.07) is 7.22. The van der Waals surface area contributed by atoms with E-state index in [0.717, 1.165) is 0 Å². The number of carbonyl (C=O) groups is 1. The van der Waals surface area contributed by atoms with E-state index in [-0.39, 0.29) is 11.5 Å². The van der Waals surface area contributed by atoms with Crippen molar-refractivity contribution in [1.29, 1.82) is 0 Å². The Hall–Kier alpha value is -2.69. The second-order valence-electron chi connectivity index (χ2n) is 5.26. The van der Waals surface area contributed by atoms with E-state index >= 15 is 0 Å². The molecule has 23 heavy (non-hydrogen) atoms. The molecule has 1 aromatic heterocycles. The maximum atomic E-state index is 12.1. The van der Waals surface area contributed by atoms with Gasteiger partial charge >= 0.3 is 0 Å². The Kier molecular flexibility index (Phi) is 5.86. The maximum Gasteiger partial charge on any atom is 0.258 e. The zero-order valence-corrected chi connectivity index (χ0v) is 13.1. The van der Waals surface area contributed by atoms with E-state index < -0.39 is 0 Å². The number of nitrogens with one attached hydrogen (secondary N) is 1. The van der Waals surface area contributed by atoms with E-state index in [9.17, 15) is 9.59 Å². The van der Waals surface area contributed by atoms with Gasteiger partial charge in [0, 0.05) is 25.9 Å². The number of H-pyrrole nitrogens is 1. The van der Waals surface area contributed by atoms with Gasteiger partial charge in [-0.3, -0.25) is 9.59 Å². The molecule has 0 unspecified atom stereocenters. The highest BCUT2D eigenvalue weighted by Crippen LogP contribution is 2.08. The van der Waals surface area contributed by atoms with E-state index in [1.54, 1.807) is 23.1 Å². The van der Waals surface area contributed by atoms with E-state index in [1.165, 1.54) is 0 Å². The van der Waals surface area contributed by atoms with Crippen LogP contribution in [0.25, 0.3) is 10.9 Å². The van der Waals surface area contributed by atoms with Crippen molar-refractivity contribution in [2.24, 2.45) is 0 Å². The molecule has 0 radical (unpaired) electrons. The third-order valence-corrected chi connectivity index (χ3v) is 3.52. The highest BCUT2D eigenvalue weighted by Gasteiger charge is 2.11. The summed E-state index contributed by atoms with van der Waals surface area (Å²) in [5, 5.41) is 0.579. The van der Waals surface area contributed by atoms with Crippen LogP contribution < -0.4 is 5.56 Å². The first-order chi connectivity index (χ1) is 11.2.